The van der Waals surface area contributed by atoms with Crippen LogP contribution in [0.1, 0.15) is 65.7 Å². The van der Waals surface area contributed by atoms with Gasteiger partial charge in [0.2, 0.25) is 0 Å². The van der Waals surface area contributed by atoms with Gasteiger partial charge in [0.05, 0.1) is 0 Å². The van der Waals surface area contributed by atoms with Gasteiger partial charge in [-0.05, 0) is 56.5 Å². The molecule has 0 spiro atoms. The molecule has 18 heavy (non-hydrogen) atoms. The van der Waals surface area contributed by atoms with Gasteiger partial charge in [-0.25, -0.2) is 0 Å². The first-order chi connectivity index (χ1) is 8.57. The molecule has 0 radical (unpaired) electrons. The van der Waals surface area contributed by atoms with E-state index in [9.17, 15) is 0 Å². The van der Waals surface area contributed by atoms with Crippen LogP contribution in [0.25, 0.3) is 0 Å². The van der Waals surface area contributed by atoms with Gasteiger partial charge in [0.25, 0.3) is 0 Å². The van der Waals surface area contributed by atoms with Gasteiger partial charge >= 0.3 is 0 Å². The molecule has 0 bridgehead atoms. The Hall–Kier alpha value is -0.0800. The Morgan fingerprint density at radius 1 is 1.17 bits per heavy atom. The fourth-order valence-electron chi connectivity index (χ4n) is 4.43. The lowest BCUT2D eigenvalue weighted by molar-refractivity contribution is 0.0512. The third kappa shape index (κ3) is 3.08. The number of hydrogen-bond donors (Lipinski definition) is 1. The van der Waals surface area contributed by atoms with Crippen LogP contribution in [0.15, 0.2) is 0 Å². The third-order valence-electron chi connectivity index (χ3n) is 5.36. The maximum atomic E-state index is 5.97. The van der Waals surface area contributed by atoms with Crippen molar-refractivity contribution in [3.8, 4) is 0 Å². The van der Waals surface area contributed by atoms with Crippen LogP contribution in [-0.2, 0) is 0 Å². The van der Waals surface area contributed by atoms with Crippen LogP contribution in [0.4, 0.5) is 0 Å². The summed E-state index contributed by atoms with van der Waals surface area (Å²) in [7, 11) is 0. The summed E-state index contributed by atoms with van der Waals surface area (Å²) in [5.74, 6) is 0.759. The van der Waals surface area contributed by atoms with Crippen LogP contribution in [0.2, 0.25) is 0 Å². The molecule has 0 saturated heterocycles. The quantitative estimate of drug-likeness (QED) is 0.831. The monoisotopic (exact) mass is 252 g/mol. The number of nitrogens with zero attached hydrogens (tertiary/aromatic N) is 1. The molecule has 2 fully saturated rings. The Labute approximate surface area is 113 Å². The van der Waals surface area contributed by atoms with Crippen LogP contribution in [-0.4, -0.2) is 30.1 Å². The summed E-state index contributed by atoms with van der Waals surface area (Å²) in [6.45, 7) is 9.33. The lowest BCUT2D eigenvalue weighted by Gasteiger charge is -2.45. The zero-order chi connectivity index (χ0) is 13.2. The van der Waals surface area contributed by atoms with Crippen molar-refractivity contribution in [1.82, 2.24) is 4.90 Å². The molecule has 0 aromatic rings. The van der Waals surface area contributed by atoms with Crippen molar-refractivity contribution in [2.45, 2.75) is 77.8 Å². The summed E-state index contributed by atoms with van der Waals surface area (Å²) in [4.78, 5) is 2.81. The SMILES string of the molecule is CCN(C1CCCC(C)(C)C1)C1CCCC1CN. The van der Waals surface area contributed by atoms with Crippen molar-refractivity contribution in [2.75, 3.05) is 13.1 Å². The lowest BCUT2D eigenvalue weighted by atomic mass is 9.74. The third-order valence-corrected chi connectivity index (χ3v) is 5.36. The van der Waals surface area contributed by atoms with E-state index in [1.165, 1.54) is 51.5 Å². The van der Waals surface area contributed by atoms with E-state index in [2.05, 4.69) is 25.7 Å². The van der Waals surface area contributed by atoms with Gasteiger partial charge in [-0.3, -0.25) is 4.90 Å². The molecule has 0 aromatic heterocycles. The average molecular weight is 252 g/mol. The fourth-order valence-corrected chi connectivity index (χ4v) is 4.43. The molecule has 2 saturated carbocycles. The molecule has 0 aromatic carbocycles. The van der Waals surface area contributed by atoms with Crippen molar-refractivity contribution in [3.63, 3.8) is 0 Å². The highest BCUT2D eigenvalue weighted by atomic mass is 15.2. The zero-order valence-electron chi connectivity index (χ0n) is 12.6. The standard InChI is InChI=1S/C16H32N2/c1-4-18(15-9-5-7-13(15)12-17)14-8-6-10-16(2,3)11-14/h13-15H,4-12,17H2,1-3H3. The molecular weight excluding hydrogens is 220 g/mol. The van der Waals surface area contributed by atoms with Gasteiger partial charge < -0.3 is 5.73 Å². The van der Waals surface area contributed by atoms with Gasteiger partial charge in [0.15, 0.2) is 0 Å². The highest BCUT2D eigenvalue weighted by molar-refractivity contribution is 4.92. The topological polar surface area (TPSA) is 29.3 Å². The van der Waals surface area contributed by atoms with Crippen LogP contribution in [0, 0.1) is 11.3 Å². The van der Waals surface area contributed by atoms with Gasteiger partial charge in [-0.1, -0.05) is 33.6 Å². The maximum absolute atomic E-state index is 5.97. The predicted molar refractivity (Wildman–Crippen MR) is 78.6 cm³/mol. The summed E-state index contributed by atoms with van der Waals surface area (Å²) < 4.78 is 0. The Morgan fingerprint density at radius 3 is 2.56 bits per heavy atom. The smallest absolute Gasteiger partial charge is 0.0138 e. The van der Waals surface area contributed by atoms with Crippen LogP contribution < -0.4 is 5.73 Å². The number of rotatable bonds is 4. The maximum Gasteiger partial charge on any atom is 0.0138 e. The molecular formula is C16H32N2. The Balaban J connectivity index is 2.03. The zero-order valence-corrected chi connectivity index (χ0v) is 12.6. The second-order valence-corrected chi connectivity index (χ2v) is 7.24. The van der Waals surface area contributed by atoms with E-state index in [1.54, 1.807) is 0 Å². The minimum atomic E-state index is 0.549. The van der Waals surface area contributed by atoms with Crippen molar-refractivity contribution < 1.29 is 0 Å². The molecule has 2 nitrogen and oxygen atoms in total. The summed E-state index contributed by atoms with van der Waals surface area (Å²) in [5, 5.41) is 0. The largest absolute Gasteiger partial charge is 0.330 e. The Kier molecular flexibility index (Phi) is 4.71. The second kappa shape index (κ2) is 5.92. The molecule has 0 aliphatic heterocycles. The first-order valence-corrected chi connectivity index (χ1v) is 8.03. The van der Waals surface area contributed by atoms with E-state index in [0.29, 0.717) is 5.41 Å². The molecule has 0 heterocycles. The molecule has 2 N–H and O–H groups in total. The van der Waals surface area contributed by atoms with Gasteiger partial charge in [-0.2, -0.15) is 0 Å². The summed E-state index contributed by atoms with van der Waals surface area (Å²) in [6, 6.07) is 1.59. The second-order valence-electron chi connectivity index (χ2n) is 7.24. The van der Waals surface area contributed by atoms with Crippen molar-refractivity contribution in [2.24, 2.45) is 17.1 Å². The molecule has 2 aliphatic rings. The minimum absolute atomic E-state index is 0.549. The number of hydrogen-bond acceptors (Lipinski definition) is 2. The molecule has 3 atom stereocenters. The number of nitrogens with two attached hydrogens (primary N) is 1. The van der Waals surface area contributed by atoms with Crippen molar-refractivity contribution in [1.29, 1.82) is 0 Å². The van der Waals surface area contributed by atoms with Crippen molar-refractivity contribution in [3.05, 3.63) is 0 Å². The van der Waals surface area contributed by atoms with Crippen LogP contribution in [0.3, 0.4) is 0 Å². The van der Waals surface area contributed by atoms with E-state index in [-0.39, 0.29) is 0 Å². The van der Waals surface area contributed by atoms with E-state index < -0.39 is 0 Å². The van der Waals surface area contributed by atoms with Gasteiger partial charge in [0.1, 0.15) is 0 Å². The highest BCUT2D eigenvalue weighted by Gasteiger charge is 2.37. The minimum Gasteiger partial charge on any atom is -0.330 e. The van der Waals surface area contributed by atoms with E-state index in [1.807, 2.05) is 0 Å². The lowest BCUT2D eigenvalue weighted by Crippen LogP contribution is -2.49. The summed E-state index contributed by atoms with van der Waals surface area (Å²) >= 11 is 0. The summed E-state index contributed by atoms with van der Waals surface area (Å²) in [5.41, 5.74) is 6.52. The molecule has 2 aliphatic carbocycles. The Bertz CT molecular complexity index is 262. The molecule has 2 rings (SSSR count). The van der Waals surface area contributed by atoms with Crippen LogP contribution in [0.5, 0.6) is 0 Å². The van der Waals surface area contributed by atoms with E-state index in [4.69, 9.17) is 5.73 Å². The average Bonchev–Trinajstić information content (AvgIpc) is 2.77. The van der Waals surface area contributed by atoms with Gasteiger partial charge in [0, 0.05) is 12.1 Å². The highest BCUT2D eigenvalue weighted by Crippen LogP contribution is 2.40. The molecule has 106 valence electrons. The van der Waals surface area contributed by atoms with Crippen LogP contribution >= 0.6 is 0 Å². The first-order valence-electron chi connectivity index (χ1n) is 8.03. The van der Waals surface area contributed by atoms with E-state index in [0.717, 1.165) is 24.5 Å². The molecule has 0 amide bonds. The first kappa shape index (κ1) is 14.3. The molecule has 3 unspecified atom stereocenters. The van der Waals surface area contributed by atoms with Gasteiger partial charge in [-0.15, -0.1) is 0 Å². The molecule has 2 heteroatoms. The van der Waals surface area contributed by atoms with E-state index >= 15 is 0 Å². The summed E-state index contributed by atoms with van der Waals surface area (Å²) in [6.07, 6.45) is 9.74. The van der Waals surface area contributed by atoms with Crippen molar-refractivity contribution >= 4 is 0 Å². The fraction of sp³-hybridized carbons (Fsp3) is 1.00. The normalized spacial score (nSPS) is 36.2. The predicted octanol–water partition coefficient (Wildman–Crippen LogP) is 3.40. The Morgan fingerprint density at radius 2 is 1.94 bits per heavy atom.